The zero-order valence-electron chi connectivity index (χ0n) is 12.0. The molecule has 1 aromatic heterocycles. The number of thioether (sulfide) groups is 1. The summed E-state index contributed by atoms with van der Waals surface area (Å²) in [6.45, 7) is 1.82. The Bertz CT molecular complexity index is 778. The van der Waals surface area contributed by atoms with Gasteiger partial charge in [0.15, 0.2) is 0 Å². The van der Waals surface area contributed by atoms with Crippen LogP contribution in [0.5, 0.6) is 5.75 Å². The molecule has 22 heavy (non-hydrogen) atoms. The Labute approximate surface area is 131 Å². The van der Waals surface area contributed by atoms with Crippen LogP contribution in [0.15, 0.2) is 45.7 Å². The minimum absolute atomic E-state index is 0.335. The minimum Gasteiger partial charge on any atom is -0.497 e. The lowest BCUT2D eigenvalue weighted by Crippen LogP contribution is -2.27. The largest absolute Gasteiger partial charge is 0.497 e. The molecule has 5 nitrogen and oxygen atoms in total. The Morgan fingerprint density at radius 3 is 2.73 bits per heavy atom. The van der Waals surface area contributed by atoms with Gasteiger partial charge in [-0.2, -0.15) is 0 Å². The average molecular weight is 315 g/mol. The molecule has 0 radical (unpaired) electrons. The van der Waals surface area contributed by atoms with Crippen molar-refractivity contribution in [3.63, 3.8) is 0 Å². The van der Waals surface area contributed by atoms with E-state index in [1.54, 1.807) is 42.5 Å². The minimum atomic E-state index is -0.364. The van der Waals surface area contributed by atoms with Crippen LogP contribution in [0.4, 0.5) is 10.5 Å². The van der Waals surface area contributed by atoms with E-state index >= 15 is 0 Å². The number of carbonyl (C=O) groups excluding carboxylic acids is 2. The summed E-state index contributed by atoms with van der Waals surface area (Å²) in [4.78, 5) is 26.1. The monoisotopic (exact) mass is 315 g/mol. The number of ether oxygens (including phenoxy) is 1. The number of hydrogen-bond acceptors (Lipinski definition) is 5. The third-order valence-corrected chi connectivity index (χ3v) is 4.01. The van der Waals surface area contributed by atoms with Crippen LogP contribution in [0.2, 0.25) is 0 Å². The van der Waals surface area contributed by atoms with Crippen molar-refractivity contribution in [2.24, 2.45) is 0 Å². The zero-order valence-corrected chi connectivity index (χ0v) is 12.8. The molecule has 6 heteroatoms. The van der Waals surface area contributed by atoms with Gasteiger partial charge in [0.25, 0.3) is 11.1 Å². The highest BCUT2D eigenvalue weighted by Gasteiger charge is 2.36. The molecule has 112 valence electrons. The van der Waals surface area contributed by atoms with Crippen LogP contribution in [0, 0.1) is 6.92 Å². The van der Waals surface area contributed by atoms with Crippen molar-refractivity contribution in [3.8, 4) is 5.75 Å². The van der Waals surface area contributed by atoms with Crippen molar-refractivity contribution >= 4 is 34.7 Å². The maximum Gasteiger partial charge on any atom is 0.298 e. The molecule has 2 aromatic rings. The van der Waals surface area contributed by atoms with Gasteiger partial charge in [-0.25, -0.2) is 4.90 Å². The highest BCUT2D eigenvalue weighted by Crippen LogP contribution is 2.36. The summed E-state index contributed by atoms with van der Waals surface area (Å²) < 4.78 is 10.5. The number of methoxy groups -OCH3 is 1. The van der Waals surface area contributed by atoms with E-state index in [1.807, 2.05) is 6.92 Å². The second-order valence-corrected chi connectivity index (χ2v) is 5.66. The van der Waals surface area contributed by atoms with Crippen LogP contribution < -0.4 is 9.64 Å². The molecule has 3 rings (SSSR count). The van der Waals surface area contributed by atoms with E-state index in [1.165, 1.54) is 7.11 Å². The molecule has 1 aliphatic rings. The predicted molar refractivity (Wildman–Crippen MR) is 84.9 cm³/mol. The fourth-order valence-corrected chi connectivity index (χ4v) is 2.92. The summed E-state index contributed by atoms with van der Waals surface area (Å²) in [7, 11) is 1.53. The van der Waals surface area contributed by atoms with Crippen LogP contribution in [-0.2, 0) is 4.79 Å². The first-order valence-electron chi connectivity index (χ1n) is 6.57. The second-order valence-electron chi connectivity index (χ2n) is 4.67. The summed E-state index contributed by atoms with van der Waals surface area (Å²) in [6, 6.07) is 10.4. The van der Waals surface area contributed by atoms with Crippen LogP contribution in [0.1, 0.15) is 11.5 Å². The lowest BCUT2D eigenvalue weighted by atomic mass is 10.2. The highest BCUT2D eigenvalue weighted by molar-refractivity contribution is 8.19. The Hall–Kier alpha value is -2.47. The van der Waals surface area contributed by atoms with E-state index < -0.39 is 0 Å². The Morgan fingerprint density at radius 2 is 2.05 bits per heavy atom. The van der Waals surface area contributed by atoms with Crippen molar-refractivity contribution in [1.82, 2.24) is 0 Å². The highest BCUT2D eigenvalue weighted by atomic mass is 32.2. The number of nitrogens with zero attached hydrogens (tertiary/aromatic N) is 1. The molecule has 1 saturated heterocycles. The number of anilines is 1. The van der Waals surface area contributed by atoms with Crippen LogP contribution in [-0.4, -0.2) is 18.3 Å². The molecule has 0 N–H and O–H groups in total. The summed E-state index contributed by atoms with van der Waals surface area (Å²) >= 11 is 0.892. The van der Waals surface area contributed by atoms with E-state index in [-0.39, 0.29) is 11.1 Å². The van der Waals surface area contributed by atoms with Crippen molar-refractivity contribution < 1.29 is 18.7 Å². The standard InChI is InChI=1S/C16H13NO4S/c1-10-6-7-13(21-10)9-14-15(18)17(16(19)22-14)11-4-3-5-12(8-11)20-2/h3-9H,1-2H3/b14-9+. The molecule has 0 atom stereocenters. The van der Waals surface area contributed by atoms with Gasteiger partial charge >= 0.3 is 0 Å². The van der Waals surface area contributed by atoms with Gasteiger partial charge in [-0.15, -0.1) is 0 Å². The van der Waals surface area contributed by atoms with Gasteiger partial charge in [0.1, 0.15) is 17.3 Å². The predicted octanol–water partition coefficient (Wildman–Crippen LogP) is 3.84. The fourth-order valence-electron chi connectivity index (χ4n) is 2.10. The number of furan rings is 1. The lowest BCUT2D eigenvalue weighted by Gasteiger charge is -2.13. The first-order valence-corrected chi connectivity index (χ1v) is 7.38. The molecule has 2 amide bonds. The molecule has 0 aliphatic carbocycles. The summed E-state index contributed by atoms with van der Waals surface area (Å²) in [5, 5.41) is -0.340. The second kappa shape index (κ2) is 5.73. The Balaban J connectivity index is 1.92. The maximum atomic E-state index is 12.5. The maximum absolute atomic E-state index is 12.5. The van der Waals surface area contributed by atoms with Crippen LogP contribution in [0.25, 0.3) is 6.08 Å². The first kappa shape index (κ1) is 14.5. The van der Waals surface area contributed by atoms with Gasteiger partial charge in [0, 0.05) is 12.1 Å². The van der Waals surface area contributed by atoms with Crippen molar-refractivity contribution in [3.05, 3.63) is 52.8 Å². The number of hydrogen-bond donors (Lipinski definition) is 0. The van der Waals surface area contributed by atoms with E-state index in [0.29, 0.717) is 22.1 Å². The number of rotatable bonds is 3. The van der Waals surface area contributed by atoms with Crippen molar-refractivity contribution in [2.45, 2.75) is 6.92 Å². The number of amides is 2. The van der Waals surface area contributed by atoms with Crippen LogP contribution >= 0.6 is 11.8 Å². The molecule has 1 fully saturated rings. The van der Waals surface area contributed by atoms with Gasteiger partial charge < -0.3 is 9.15 Å². The third-order valence-electron chi connectivity index (χ3n) is 3.14. The zero-order chi connectivity index (χ0) is 15.7. The number of imide groups is 1. The van der Waals surface area contributed by atoms with Gasteiger partial charge in [-0.1, -0.05) is 6.07 Å². The Morgan fingerprint density at radius 1 is 1.23 bits per heavy atom. The molecule has 0 spiro atoms. The molecular weight excluding hydrogens is 302 g/mol. The normalized spacial score (nSPS) is 16.6. The molecule has 0 unspecified atom stereocenters. The van der Waals surface area contributed by atoms with E-state index in [2.05, 4.69) is 0 Å². The quantitative estimate of drug-likeness (QED) is 0.805. The van der Waals surface area contributed by atoms with Crippen LogP contribution in [0.3, 0.4) is 0 Å². The lowest BCUT2D eigenvalue weighted by molar-refractivity contribution is -0.113. The van der Waals surface area contributed by atoms with E-state index in [4.69, 9.17) is 9.15 Å². The summed E-state index contributed by atoms with van der Waals surface area (Å²) in [5.41, 5.74) is 0.487. The van der Waals surface area contributed by atoms with Gasteiger partial charge in [0.05, 0.1) is 17.7 Å². The molecule has 0 saturated carbocycles. The first-order chi connectivity index (χ1) is 10.6. The van der Waals surface area contributed by atoms with Gasteiger partial charge in [0.2, 0.25) is 0 Å². The average Bonchev–Trinajstić information content (AvgIpc) is 3.03. The van der Waals surface area contributed by atoms with Gasteiger partial charge in [-0.3, -0.25) is 9.59 Å². The van der Waals surface area contributed by atoms with E-state index in [0.717, 1.165) is 22.4 Å². The van der Waals surface area contributed by atoms with E-state index in [9.17, 15) is 9.59 Å². The topological polar surface area (TPSA) is 59.8 Å². The summed E-state index contributed by atoms with van der Waals surface area (Å²) in [6.07, 6.45) is 1.58. The van der Waals surface area contributed by atoms with Crippen molar-refractivity contribution in [1.29, 1.82) is 0 Å². The Kier molecular flexibility index (Phi) is 3.77. The molecule has 0 bridgehead atoms. The SMILES string of the molecule is COc1cccc(N2C(=O)S/C(=C/c3ccc(C)o3)C2=O)c1. The molecule has 1 aliphatic heterocycles. The summed E-state index contributed by atoms with van der Waals surface area (Å²) in [5.74, 6) is 1.52. The molecule has 1 aromatic carbocycles. The smallest absolute Gasteiger partial charge is 0.298 e. The fraction of sp³-hybridized carbons (Fsp3) is 0.125. The number of aryl methyl sites for hydroxylation is 1. The van der Waals surface area contributed by atoms with Crippen molar-refractivity contribution in [2.75, 3.05) is 12.0 Å². The number of benzene rings is 1. The number of carbonyl (C=O) groups is 2. The molecular formula is C16H13NO4S. The third kappa shape index (κ3) is 2.65. The van der Waals surface area contributed by atoms with Gasteiger partial charge in [-0.05, 0) is 43.0 Å². The molecule has 2 heterocycles.